The van der Waals surface area contributed by atoms with Crippen LogP contribution in [0.2, 0.25) is 0 Å². The van der Waals surface area contributed by atoms with E-state index in [2.05, 4.69) is 97.1 Å². The van der Waals surface area contributed by atoms with E-state index in [1.807, 2.05) is 94.1 Å². The van der Waals surface area contributed by atoms with E-state index in [9.17, 15) is 0 Å². The van der Waals surface area contributed by atoms with Crippen LogP contribution in [0.25, 0.3) is 0 Å². The van der Waals surface area contributed by atoms with Crippen LogP contribution in [0.3, 0.4) is 0 Å². The van der Waals surface area contributed by atoms with Gasteiger partial charge in [0.15, 0.2) is 0 Å². The second-order valence-electron chi connectivity index (χ2n) is 4.84. The predicted octanol–water partition coefficient (Wildman–Crippen LogP) is 8.59. The van der Waals surface area contributed by atoms with Gasteiger partial charge in [-0.15, -0.1) is 94.1 Å². The van der Waals surface area contributed by atoms with Gasteiger partial charge in [0.05, 0.1) is 8.47 Å². The van der Waals surface area contributed by atoms with Gasteiger partial charge < -0.3 is 0 Å². The molecule has 0 nitrogen and oxygen atoms in total. The fraction of sp³-hybridized carbons (Fsp3) is 0.857. The maximum Gasteiger partial charge on any atom is 0.145 e. The van der Waals surface area contributed by atoms with Crippen LogP contribution in [-0.4, -0.2) is 63.7 Å². The van der Waals surface area contributed by atoms with Crippen LogP contribution in [0.1, 0.15) is 0 Å². The van der Waals surface area contributed by atoms with Crippen molar-refractivity contribution in [1.29, 1.82) is 0 Å². The lowest BCUT2D eigenvalue weighted by Crippen LogP contribution is -2.33. The Hall–Kier alpha value is 3.94. The SMILES string of the molecule is CSC1(SC)SC(=C2SC(SC)(SC)C(SC)(SC)S2)SC1(SC)SC. The molecule has 2 aliphatic heterocycles. The first kappa shape index (κ1) is 26.2. The molecule has 0 N–H and O–H groups in total. The van der Waals surface area contributed by atoms with Gasteiger partial charge in [-0.25, -0.2) is 0 Å². The first-order valence-electron chi connectivity index (χ1n) is 7.28. The number of thioether (sulfide) groups is 12. The second-order valence-corrected chi connectivity index (χ2v) is 21.5. The second kappa shape index (κ2) is 10.7. The lowest BCUT2D eigenvalue weighted by Gasteiger charge is -2.38. The van der Waals surface area contributed by atoms with Gasteiger partial charge >= 0.3 is 0 Å². The maximum absolute atomic E-state index is 2.27. The molecule has 12 heteroatoms. The fourth-order valence-electron chi connectivity index (χ4n) is 2.61. The third-order valence-corrected chi connectivity index (χ3v) is 28.4. The quantitative estimate of drug-likeness (QED) is 0.254. The smallest absolute Gasteiger partial charge is 0.133 e. The Labute approximate surface area is 210 Å². The zero-order chi connectivity index (χ0) is 19.6. The largest absolute Gasteiger partial charge is 0.145 e. The summed E-state index contributed by atoms with van der Waals surface area (Å²) in [5, 5.41) is 0. The van der Waals surface area contributed by atoms with Gasteiger partial charge in [-0.2, -0.15) is 0 Å². The van der Waals surface area contributed by atoms with E-state index in [0.717, 1.165) is 0 Å². The van der Waals surface area contributed by atoms with E-state index in [-0.39, 0.29) is 13.6 Å². The summed E-state index contributed by atoms with van der Waals surface area (Å²) >= 11 is 24.5. The molecule has 0 saturated carbocycles. The summed E-state index contributed by atoms with van der Waals surface area (Å²) in [6.45, 7) is 0. The Morgan fingerprint density at radius 3 is 0.654 bits per heavy atom. The summed E-state index contributed by atoms with van der Waals surface area (Å²) in [5.41, 5.74) is 0. The van der Waals surface area contributed by atoms with Crippen LogP contribution in [0, 0.1) is 0 Å². The Bertz CT molecular complexity index is 426. The summed E-state index contributed by atoms with van der Waals surface area (Å²) in [7, 11) is 0. The van der Waals surface area contributed by atoms with Crippen LogP contribution in [0.4, 0.5) is 0 Å². The van der Waals surface area contributed by atoms with Crippen molar-refractivity contribution >= 4 is 141 Å². The highest BCUT2D eigenvalue weighted by molar-refractivity contribution is 8.54. The normalized spacial score (nSPS) is 25.8. The summed E-state index contributed by atoms with van der Waals surface area (Å²) in [5.74, 6) is 0. The van der Waals surface area contributed by atoms with Crippen molar-refractivity contribution in [1.82, 2.24) is 0 Å². The van der Waals surface area contributed by atoms with Crippen LogP contribution < -0.4 is 0 Å². The van der Waals surface area contributed by atoms with E-state index in [4.69, 9.17) is 0 Å². The number of hydrogen-bond donors (Lipinski definition) is 0. The Morgan fingerprint density at radius 2 is 0.538 bits per heavy atom. The average molecular weight is 577 g/mol. The molecule has 0 atom stereocenters. The molecule has 2 aliphatic rings. The zero-order valence-corrected chi connectivity index (χ0v) is 25.7. The molecule has 0 aliphatic carbocycles. The first-order chi connectivity index (χ1) is 12.4. The topological polar surface area (TPSA) is 0 Å². The fourth-order valence-corrected chi connectivity index (χ4v) is 25.4. The Morgan fingerprint density at radius 1 is 0.385 bits per heavy atom. The summed E-state index contributed by atoms with van der Waals surface area (Å²) in [6.07, 6.45) is 18.2. The Balaban J connectivity index is 2.52. The molecular weight excluding hydrogens is 553 g/mol. The van der Waals surface area contributed by atoms with Crippen LogP contribution >= 0.6 is 141 Å². The maximum atomic E-state index is 2.27. The van der Waals surface area contributed by atoms with Gasteiger partial charge in [0.2, 0.25) is 0 Å². The first-order valence-corrected chi connectivity index (χ1v) is 20.3. The lowest BCUT2D eigenvalue weighted by molar-refractivity contribution is 1.22. The van der Waals surface area contributed by atoms with Gasteiger partial charge in [-0.1, -0.05) is 47.0 Å². The van der Waals surface area contributed by atoms with Crippen molar-refractivity contribution in [2.45, 2.75) is 13.6 Å². The third-order valence-electron chi connectivity index (χ3n) is 3.97. The van der Waals surface area contributed by atoms with E-state index < -0.39 is 0 Å². The van der Waals surface area contributed by atoms with Crippen molar-refractivity contribution in [3.05, 3.63) is 8.47 Å². The van der Waals surface area contributed by atoms with Gasteiger partial charge in [-0.05, 0) is 50.0 Å². The van der Waals surface area contributed by atoms with Crippen LogP contribution in [0.5, 0.6) is 0 Å². The van der Waals surface area contributed by atoms with E-state index in [1.54, 1.807) is 0 Å². The molecule has 2 heterocycles. The van der Waals surface area contributed by atoms with Crippen molar-refractivity contribution in [2.75, 3.05) is 50.0 Å². The van der Waals surface area contributed by atoms with Crippen molar-refractivity contribution in [3.8, 4) is 0 Å². The monoisotopic (exact) mass is 576 g/mol. The molecule has 0 bridgehead atoms. The molecule has 0 aromatic rings. The third kappa shape index (κ3) is 4.15. The van der Waals surface area contributed by atoms with Gasteiger partial charge in [0, 0.05) is 0 Å². The lowest BCUT2D eigenvalue weighted by atomic mass is 10.9. The van der Waals surface area contributed by atoms with E-state index in [0.29, 0.717) is 0 Å². The molecule has 0 radical (unpaired) electrons. The molecule has 2 fully saturated rings. The molecule has 0 spiro atoms. The molecule has 26 heavy (non-hydrogen) atoms. The molecule has 2 saturated heterocycles. The molecule has 152 valence electrons. The van der Waals surface area contributed by atoms with E-state index >= 15 is 0 Å². The summed E-state index contributed by atoms with van der Waals surface area (Å²) < 4.78 is 3.64. The minimum Gasteiger partial charge on any atom is -0.133 e. The molecule has 0 aromatic carbocycles. The highest BCUT2D eigenvalue weighted by Gasteiger charge is 2.63. The summed E-state index contributed by atoms with van der Waals surface area (Å²) in [4.78, 5) is 0. The van der Waals surface area contributed by atoms with Crippen molar-refractivity contribution in [2.24, 2.45) is 0 Å². The standard InChI is InChI=1S/C14H24S12/c1-15-11(16-2)12(17-3,18-4)24-9(23-11)10-25-13(19-5,20-6)14(21-7,22-8)26-10/h1-8H3. The van der Waals surface area contributed by atoms with Crippen molar-refractivity contribution in [3.63, 3.8) is 0 Å². The Kier molecular flexibility index (Phi) is 10.8. The molecular formula is C14H24S12. The van der Waals surface area contributed by atoms with Crippen LogP contribution in [0.15, 0.2) is 8.47 Å². The molecule has 0 aromatic heterocycles. The van der Waals surface area contributed by atoms with Crippen molar-refractivity contribution < 1.29 is 0 Å². The minimum atomic E-state index is 0.144. The van der Waals surface area contributed by atoms with Gasteiger partial charge in [0.25, 0.3) is 0 Å². The highest BCUT2D eigenvalue weighted by Crippen LogP contribution is 2.81. The molecule has 0 unspecified atom stereocenters. The average Bonchev–Trinajstić information content (AvgIpc) is 3.22. The number of rotatable bonds is 8. The predicted molar refractivity (Wildman–Crippen MR) is 156 cm³/mol. The highest BCUT2D eigenvalue weighted by atomic mass is 32.3. The number of hydrogen-bond acceptors (Lipinski definition) is 12. The van der Waals surface area contributed by atoms with Gasteiger partial charge in [-0.3, -0.25) is 0 Å². The van der Waals surface area contributed by atoms with E-state index in [1.165, 1.54) is 8.47 Å². The molecule has 2 rings (SSSR count). The summed E-state index contributed by atoms with van der Waals surface area (Å²) in [6, 6.07) is 0. The minimum absolute atomic E-state index is 0.144. The van der Waals surface area contributed by atoms with Gasteiger partial charge in [0.1, 0.15) is 13.6 Å². The molecule has 0 amide bonds. The zero-order valence-electron chi connectivity index (χ0n) is 15.9. The van der Waals surface area contributed by atoms with Crippen LogP contribution in [-0.2, 0) is 0 Å².